The lowest BCUT2D eigenvalue weighted by Gasteiger charge is -2.18. The van der Waals surface area contributed by atoms with Crippen LogP contribution in [0.15, 0.2) is 43.5 Å². The number of ether oxygens (including phenoxy) is 1. The maximum Gasteiger partial charge on any atom is 0.147 e. The number of rotatable bonds is 8. The topological polar surface area (TPSA) is 59.3 Å². The van der Waals surface area contributed by atoms with Crippen molar-refractivity contribution in [3.05, 3.63) is 54.1 Å². The van der Waals surface area contributed by atoms with Crippen LogP contribution in [0.25, 0.3) is 5.70 Å². The number of halogens is 1. The van der Waals surface area contributed by atoms with Gasteiger partial charge in [-0.15, -0.1) is 0 Å². The minimum Gasteiger partial charge on any atom is -0.489 e. The number of nitrogens with zero attached hydrogens (tertiary/aromatic N) is 2. The quantitative estimate of drug-likeness (QED) is 0.779. The molecule has 0 spiro atoms. The van der Waals surface area contributed by atoms with Gasteiger partial charge in [-0.2, -0.15) is 0 Å². The molecule has 2 aromatic rings. The lowest BCUT2D eigenvalue weighted by atomic mass is 10.1. The monoisotopic (exact) mass is 335 g/mol. The number of hydrogen-bond acceptors (Lipinski definition) is 4. The zero-order valence-electron chi connectivity index (χ0n) is 13.4. The molecule has 1 unspecified atom stereocenters. The van der Waals surface area contributed by atoms with Crippen LogP contribution in [-0.4, -0.2) is 40.0 Å². The zero-order chi connectivity index (χ0) is 16.8. The Morgan fingerprint density at radius 1 is 1.48 bits per heavy atom. The summed E-state index contributed by atoms with van der Waals surface area (Å²) < 4.78 is 7.55. The normalized spacial score (nSPS) is 12.4. The van der Waals surface area contributed by atoms with Crippen molar-refractivity contribution in [2.45, 2.75) is 26.0 Å². The van der Waals surface area contributed by atoms with Gasteiger partial charge >= 0.3 is 0 Å². The van der Waals surface area contributed by atoms with Gasteiger partial charge in [0.05, 0.1) is 17.0 Å². The van der Waals surface area contributed by atoms with Crippen molar-refractivity contribution in [3.8, 4) is 5.75 Å². The van der Waals surface area contributed by atoms with Crippen molar-refractivity contribution in [1.82, 2.24) is 14.9 Å². The van der Waals surface area contributed by atoms with E-state index in [-0.39, 0.29) is 6.61 Å². The van der Waals surface area contributed by atoms with E-state index >= 15 is 0 Å². The van der Waals surface area contributed by atoms with Crippen LogP contribution in [0.1, 0.15) is 19.4 Å². The van der Waals surface area contributed by atoms with E-state index in [4.69, 9.17) is 16.3 Å². The van der Waals surface area contributed by atoms with Gasteiger partial charge in [-0.3, -0.25) is 0 Å². The second-order valence-corrected chi connectivity index (χ2v) is 5.97. The summed E-state index contributed by atoms with van der Waals surface area (Å²) in [7, 11) is 0. The fourth-order valence-corrected chi connectivity index (χ4v) is 2.28. The van der Waals surface area contributed by atoms with Crippen molar-refractivity contribution < 1.29 is 9.84 Å². The summed E-state index contributed by atoms with van der Waals surface area (Å²) in [6.45, 7) is 8.72. The van der Waals surface area contributed by atoms with Crippen LogP contribution >= 0.6 is 11.6 Å². The third kappa shape index (κ3) is 4.82. The number of para-hydroxylation sites is 1. The fourth-order valence-electron chi connectivity index (χ4n) is 2.05. The highest BCUT2D eigenvalue weighted by atomic mass is 35.5. The molecule has 124 valence electrons. The molecule has 2 N–H and O–H groups in total. The molecule has 0 aliphatic heterocycles. The summed E-state index contributed by atoms with van der Waals surface area (Å²) in [5.74, 6) is 0.511. The third-order valence-electron chi connectivity index (χ3n) is 3.28. The van der Waals surface area contributed by atoms with Gasteiger partial charge in [0.15, 0.2) is 0 Å². The molecule has 0 fully saturated rings. The van der Waals surface area contributed by atoms with Gasteiger partial charge in [-0.25, -0.2) is 4.98 Å². The Labute approximate surface area is 141 Å². The van der Waals surface area contributed by atoms with Crippen molar-refractivity contribution in [2.75, 3.05) is 13.2 Å². The molecule has 5 nitrogen and oxygen atoms in total. The summed E-state index contributed by atoms with van der Waals surface area (Å²) in [5.41, 5.74) is 1.47. The van der Waals surface area contributed by atoms with E-state index in [0.29, 0.717) is 29.1 Å². The van der Waals surface area contributed by atoms with Crippen molar-refractivity contribution >= 4 is 17.3 Å². The van der Waals surface area contributed by atoms with Crippen molar-refractivity contribution in [3.63, 3.8) is 0 Å². The van der Waals surface area contributed by atoms with Crippen LogP contribution in [-0.2, 0) is 0 Å². The smallest absolute Gasteiger partial charge is 0.147 e. The lowest BCUT2D eigenvalue weighted by Crippen LogP contribution is -2.35. The van der Waals surface area contributed by atoms with E-state index in [9.17, 15) is 5.11 Å². The molecule has 0 radical (unpaired) electrons. The zero-order valence-corrected chi connectivity index (χ0v) is 14.1. The molecule has 1 aromatic heterocycles. The Balaban J connectivity index is 2.10. The average molecular weight is 336 g/mol. The molecule has 0 saturated heterocycles. The third-order valence-corrected chi connectivity index (χ3v) is 3.57. The van der Waals surface area contributed by atoms with Crippen LogP contribution in [0, 0.1) is 0 Å². The van der Waals surface area contributed by atoms with E-state index in [1.807, 2.05) is 26.0 Å². The fraction of sp³-hybridized carbons (Fsp3) is 0.353. The van der Waals surface area contributed by atoms with Gasteiger partial charge in [0, 0.05) is 30.5 Å². The average Bonchev–Trinajstić information content (AvgIpc) is 3.05. The van der Waals surface area contributed by atoms with Crippen LogP contribution in [0.2, 0.25) is 5.02 Å². The Hall–Kier alpha value is -1.82. The van der Waals surface area contributed by atoms with Gasteiger partial charge in [-0.1, -0.05) is 38.1 Å². The maximum absolute atomic E-state index is 10.00. The molecule has 1 aromatic carbocycles. The number of benzene rings is 1. The van der Waals surface area contributed by atoms with Crippen LogP contribution < -0.4 is 10.1 Å². The van der Waals surface area contributed by atoms with Crippen LogP contribution in [0.5, 0.6) is 5.75 Å². The first-order chi connectivity index (χ1) is 11.0. The predicted molar refractivity (Wildman–Crippen MR) is 92.8 cm³/mol. The number of nitrogens with one attached hydrogen (secondary N) is 1. The molecule has 1 heterocycles. The molecule has 23 heavy (non-hydrogen) atoms. The van der Waals surface area contributed by atoms with Crippen LogP contribution in [0.4, 0.5) is 0 Å². The number of imidazole rings is 1. The Kier molecular flexibility index (Phi) is 6.21. The number of aromatic nitrogens is 2. The molecular weight excluding hydrogens is 314 g/mol. The Bertz CT molecular complexity index is 641. The molecule has 2 rings (SSSR count). The summed E-state index contributed by atoms with van der Waals surface area (Å²) >= 11 is 6.26. The number of aliphatic hydroxyl groups excluding tert-OH is 1. The lowest BCUT2D eigenvalue weighted by molar-refractivity contribution is 0.104. The SMILES string of the molecule is C=C(c1cccc(Cl)c1OCC(O)CNC(C)C)n1ccnc1. The number of aliphatic hydroxyl groups is 1. The van der Waals surface area contributed by atoms with Crippen molar-refractivity contribution in [2.24, 2.45) is 0 Å². The van der Waals surface area contributed by atoms with E-state index in [2.05, 4.69) is 16.9 Å². The molecule has 6 heteroatoms. The molecule has 0 amide bonds. The van der Waals surface area contributed by atoms with Gasteiger partial charge in [0.2, 0.25) is 0 Å². The predicted octanol–water partition coefficient (Wildman–Crippen LogP) is 2.79. The van der Waals surface area contributed by atoms with E-state index in [1.54, 1.807) is 29.4 Å². The minimum atomic E-state index is -0.622. The van der Waals surface area contributed by atoms with Gasteiger partial charge < -0.3 is 19.7 Å². The second-order valence-electron chi connectivity index (χ2n) is 5.56. The first-order valence-corrected chi connectivity index (χ1v) is 7.87. The minimum absolute atomic E-state index is 0.146. The molecular formula is C17H22ClN3O2. The van der Waals surface area contributed by atoms with Crippen molar-refractivity contribution in [1.29, 1.82) is 0 Å². The summed E-state index contributed by atoms with van der Waals surface area (Å²) in [4.78, 5) is 4.02. The van der Waals surface area contributed by atoms with Gasteiger partial charge in [-0.05, 0) is 12.1 Å². The molecule has 0 bridgehead atoms. The summed E-state index contributed by atoms with van der Waals surface area (Å²) in [6, 6.07) is 5.77. The highest BCUT2D eigenvalue weighted by Gasteiger charge is 2.14. The standard InChI is InChI=1S/C17H22ClN3O2/c1-12(2)20-9-14(22)10-23-17-15(5-4-6-16(17)18)13(3)21-8-7-19-11-21/h4-8,11-12,14,20,22H,3,9-10H2,1-2H3. The number of hydrogen-bond donors (Lipinski definition) is 2. The maximum atomic E-state index is 10.00. The highest BCUT2D eigenvalue weighted by molar-refractivity contribution is 6.32. The highest BCUT2D eigenvalue weighted by Crippen LogP contribution is 2.33. The van der Waals surface area contributed by atoms with Gasteiger partial charge in [0.25, 0.3) is 0 Å². The van der Waals surface area contributed by atoms with E-state index in [1.165, 1.54) is 0 Å². The molecule has 0 aliphatic carbocycles. The molecule has 1 atom stereocenters. The first-order valence-electron chi connectivity index (χ1n) is 7.49. The Morgan fingerprint density at radius 2 is 2.26 bits per heavy atom. The van der Waals surface area contributed by atoms with Crippen LogP contribution in [0.3, 0.4) is 0 Å². The van der Waals surface area contributed by atoms with E-state index < -0.39 is 6.10 Å². The largest absolute Gasteiger partial charge is 0.489 e. The molecule has 0 saturated carbocycles. The van der Waals surface area contributed by atoms with E-state index in [0.717, 1.165) is 5.56 Å². The molecule has 0 aliphatic rings. The summed E-state index contributed by atoms with van der Waals surface area (Å²) in [5, 5.41) is 13.6. The first kappa shape index (κ1) is 17.5. The Morgan fingerprint density at radius 3 is 2.91 bits per heavy atom. The second kappa shape index (κ2) is 8.15. The summed E-state index contributed by atoms with van der Waals surface area (Å²) in [6.07, 6.45) is 4.52. The van der Waals surface area contributed by atoms with Gasteiger partial charge in [0.1, 0.15) is 18.5 Å².